The summed E-state index contributed by atoms with van der Waals surface area (Å²) in [5.74, 6) is 1.35. The fourth-order valence-electron chi connectivity index (χ4n) is 3.18. The lowest BCUT2D eigenvalue weighted by Crippen LogP contribution is -2.37. The summed E-state index contributed by atoms with van der Waals surface area (Å²) in [6.07, 6.45) is 1.45. The number of aromatic nitrogens is 3. The topological polar surface area (TPSA) is 117 Å². The first-order chi connectivity index (χ1) is 16.4. The lowest BCUT2D eigenvalue weighted by atomic mass is 10.2. The molecule has 2 aromatic carbocycles. The van der Waals surface area contributed by atoms with Crippen LogP contribution in [0.15, 0.2) is 39.9 Å². The number of phenolic OH excluding ortho intramolecular Hbond substituents is 1. The van der Waals surface area contributed by atoms with Gasteiger partial charge in [0.2, 0.25) is 17.8 Å². The summed E-state index contributed by atoms with van der Waals surface area (Å²) in [5, 5.41) is 18.3. The van der Waals surface area contributed by atoms with Crippen molar-refractivity contribution >= 4 is 57.3 Å². The second kappa shape index (κ2) is 10.9. The lowest BCUT2D eigenvalue weighted by molar-refractivity contribution is 0.122. The summed E-state index contributed by atoms with van der Waals surface area (Å²) in [6, 6.07) is 8.99. The van der Waals surface area contributed by atoms with E-state index in [1.54, 1.807) is 12.1 Å². The first kappa shape index (κ1) is 24.0. The van der Waals surface area contributed by atoms with Crippen molar-refractivity contribution in [3.05, 3.63) is 51.0 Å². The van der Waals surface area contributed by atoms with Gasteiger partial charge in [-0.05, 0) is 36.8 Å². The molecule has 0 bridgehead atoms. The van der Waals surface area contributed by atoms with Crippen LogP contribution in [-0.2, 0) is 4.74 Å². The summed E-state index contributed by atoms with van der Waals surface area (Å²) in [7, 11) is 1.48. The Morgan fingerprint density at radius 2 is 1.94 bits per heavy atom. The minimum absolute atomic E-state index is 0.0282. The molecule has 0 unspecified atom stereocenters. The zero-order valence-electron chi connectivity index (χ0n) is 18.5. The molecule has 1 aliphatic rings. The van der Waals surface area contributed by atoms with Crippen molar-refractivity contribution < 1.29 is 14.6 Å². The normalized spacial score (nSPS) is 13.8. The molecule has 0 radical (unpaired) electrons. The molecule has 1 aromatic heterocycles. The number of methoxy groups -OCH3 is 1. The van der Waals surface area contributed by atoms with Crippen molar-refractivity contribution in [1.82, 2.24) is 15.0 Å². The van der Waals surface area contributed by atoms with Crippen LogP contribution in [0.1, 0.15) is 11.1 Å². The summed E-state index contributed by atoms with van der Waals surface area (Å²) >= 11 is 9.65. The molecule has 34 heavy (non-hydrogen) atoms. The Bertz CT molecular complexity index is 1210. The standard InChI is InChI=1S/C22H23BrClN7O3/c1-13-3-4-16(11-17(13)24)26-20-27-21(29-22(28-20)31-5-7-34-8-6-31)30-25-12-14-9-15(23)10-18(33-2)19(14)32/h3-4,9-12,32H,5-8H2,1-2H3,(H2,26,27,28,29,30). The summed E-state index contributed by atoms with van der Waals surface area (Å²) < 4.78 is 11.3. The predicted octanol–water partition coefficient (Wildman–Crippen LogP) is 4.34. The van der Waals surface area contributed by atoms with E-state index in [-0.39, 0.29) is 11.7 Å². The minimum atomic E-state index is -0.0282. The highest BCUT2D eigenvalue weighted by Crippen LogP contribution is 2.32. The average molecular weight is 549 g/mol. The number of halogens is 2. The fraction of sp³-hybridized carbons (Fsp3) is 0.273. The lowest BCUT2D eigenvalue weighted by Gasteiger charge is -2.27. The number of aryl methyl sites for hydroxylation is 1. The van der Waals surface area contributed by atoms with Crippen molar-refractivity contribution in [1.29, 1.82) is 0 Å². The molecule has 3 N–H and O–H groups in total. The first-order valence-corrected chi connectivity index (χ1v) is 11.6. The Hall–Kier alpha value is -3.15. The maximum atomic E-state index is 10.3. The monoisotopic (exact) mass is 547 g/mol. The van der Waals surface area contributed by atoms with E-state index in [0.717, 1.165) is 15.7 Å². The minimum Gasteiger partial charge on any atom is -0.504 e. The zero-order valence-corrected chi connectivity index (χ0v) is 20.9. The van der Waals surface area contributed by atoms with Crippen LogP contribution in [0.3, 0.4) is 0 Å². The molecule has 1 aliphatic heterocycles. The summed E-state index contributed by atoms with van der Waals surface area (Å²) in [5.41, 5.74) is 4.99. The highest BCUT2D eigenvalue weighted by atomic mass is 79.9. The number of rotatable bonds is 7. The van der Waals surface area contributed by atoms with E-state index in [1.807, 2.05) is 30.0 Å². The van der Waals surface area contributed by atoms with Gasteiger partial charge in [-0.15, -0.1) is 0 Å². The molecular formula is C22H23BrClN7O3. The third-order valence-corrected chi connectivity index (χ3v) is 5.87. The second-order valence-corrected chi connectivity index (χ2v) is 8.71. The molecule has 1 fully saturated rings. The van der Waals surface area contributed by atoms with Gasteiger partial charge in [0.25, 0.3) is 0 Å². The van der Waals surface area contributed by atoms with Crippen LogP contribution < -0.4 is 20.4 Å². The van der Waals surface area contributed by atoms with E-state index in [0.29, 0.717) is 54.5 Å². The molecule has 0 saturated carbocycles. The molecule has 0 aliphatic carbocycles. The molecule has 0 amide bonds. The molecule has 3 aromatic rings. The molecule has 10 nitrogen and oxygen atoms in total. The van der Waals surface area contributed by atoms with Crippen molar-refractivity contribution in [3.63, 3.8) is 0 Å². The molecule has 178 valence electrons. The van der Waals surface area contributed by atoms with Gasteiger partial charge in [0.1, 0.15) is 0 Å². The number of nitrogens with zero attached hydrogens (tertiary/aromatic N) is 5. The molecule has 2 heterocycles. The number of phenols is 1. The summed E-state index contributed by atoms with van der Waals surface area (Å²) in [4.78, 5) is 15.5. The van der Waals surface area contributed by atoms with E-state index >= 15 is 0 Å². The van der Waals surface area contributed by atoms with Gasteiger partial charge >= 0.3 is 0 Å². The Morgan fingerprint density at radius 3 is 2.68 bits per heavy atom. The highest BCUT2D eigenvalue weighted by molar-refractivity contribution is 9.10. The maximum absolute atomic E-state index is 10.3. The van der Waals surface area contributed by atoms with Crippen LogP contribution in [0.5, 0.6) is 11.5 Å². The zero-order chi connectivity index (χ0) is 24.1. The molecule has 12 heteroatoms. The number of hydrogen-bond donors (Lipinski definition) is 3. The third kappa shape index (κ3) is 5.85. The largest absolute Gasteiger partial charge is 0.504 e. The van der Waals surface area contributed by atoms with Gasteiger partial charge in [0, 0.05) is 33.8 Å². The van der Waals surface area contributed by atoms with Crippen molar-refractivity contribution in [3.8, 4) is 11.5 Å². The number of anilines is 4. The molecule has 0 spiro atoms. The van der Waals surface area contributed by atoms with E-state index < -0.39 is 0 Å². The van der Waals surface area contributed by atoms with Crippen molar-refractivity contribution in [2.45, 2.75) is 6.92 Å². The third-order valence-electron chi connectivity index (χ3n) is 5.00. The SMILES string of the molecule is COc1cc(Br)cc(C=NNc2nc(Nc3ccc(C)c(Cl)c3)nc(N3CCOCC3)n2)c1O. The van der Waals surface area contributed by atoms with Gasteiger partial charge in [-0.2, -0.15) is 20.1 Å². The molecule has 4 rings (SSSR count). The number of hydrogen-bond acceptors (Lipinski definition) is 10. The van der Waals surface area contributed by atoms with Gasteiger partial charge in [-0.1, -0.05) is 33.6 Å². The van der Waals surface area contributed by atoms with Crippen LogP contribution in [0.4, 0.5) is 23.5 Å². The van der Waals surface area contributed by atoms with E-state index in [1.165, 1.54) is 13.3 Å². The number of benzene rings is 2. The summed E-state index contributed by atoms with van der Waals surface area (Å²) in [6.45, 7) is 4.44. The maximum Gasteiger partial charge on any atom is 0.250 e. The van der Waals surface area contributed by atoms with Gasteiger partial charge in [0.05, 0.1) is 26.5 Å². The van der Waals surface area contributed by atoms with Crippen molar-refractivity contribution in [2.24, 2.45) is 5.10 Å². The Kier molecular flexibility index (Phi) is 7.66. The fourth-order valence-corrected chi connectivity index (χ4v) is 3.82. The molecule has 0 atom stereocenters. The highest BCUT2D eigenvalue weighted by Gasteiger charge is 2.17. The van der Waals surface area contributed by atoms with Crippen LogP contribution in [0, 0.1) is 6.92 Å². The van der Waals surface area contributed by atoms with E-state index in [9.17, 15) is 5.11 Å². The number of hydrazone groups is 1. The number of ether oxygens (including phenoxy) is 2. The smallest absolute Gasteiger partial charge is 0.250 e. The van der Waals surface area contributed by atoms with Crippen LogP contribution in [0.2, 0.25) is 5.02 Å². The first-order valence-electron chi connectivity index (χ1n) is 10.4. The number of nitrogens with one attached hydrogen (secondary N) is 2. The second-order valence-electron chi connectivity index (χ2n) is 7.39. The number of morpholine rings is 1. The van der Waals surface area contributed by atoms with Gasteiger partial charge in [0.15, 0.2) is 11.5 Å². The van der Waals surface area contributed by atoms with Crippen LogP contribution >= 0.6 is 27.5 Å². The predicted molar refractivity (Wildman–Crippen MR) is 136 cm³/mol. The van der Waals surface area contributed by atoms with Gasteiger partial charge in [-0.25, -0.2) is 5.43 Å². The van der Waals surface area contributed by atoms with Crippen LogP contribution in [0.25, 0.3) is 0 Å². The van der Waals surface area contributed by atoms with E-state index in [2.05, 4.69) is 46.7 Å². The number of aromatic hydroxyl groups is 1. The average Bonchev–Trinajstić information content (AvgIpc) is 2.84. The van der Waals surface area contributed by atoms with E-state index in [4.69, 9.17) is 21.1 Å². The Balaban J connectivity index is 1.60. The molecule has 1 saturated heterocycles. The Labute approximate surface area is 210 Å². The Morgan fingerprint density at radius 1 is 1.18 bits per heavy atom. The van der Waals surface area contributed by atoms with Crippen LogP contribution in [-0.4, -0.2) is 59.7 Å². The van der Waals surface area contributed by atoms with Gasteiger partial charge in [-0.3, -0.25) is 0 Å². The quantitative estimate of drug-likeness (QED) is 0.293. The van der Waals surface area contributed by atoms with Gasteiger partial charge < -0.3 is 24.8 Å². The van der Waals surface area contributed by atoms with Crippen molar-refractivity contribution in [2.75, 3.05) is 49.1 Å². The molecular weight excluding hydrogens is 526 g/mol.